The molecule has 0 bridgehead atoms. The van der Waals surface area contributed by atoms with E-state index >= 15 is 0 Å². The van der Waals surface area contributed by atoms with Gasteiger partial charge in [-0.25, -0.2) is 19.4 Å². The number of carbonyl (C=O) groups is 4. The number of aliphatic carboxylic acids is 1. The fourth-order valence-corrected chi connectivity index (χ4v) is 4.57. The van der Waals surface area contributed by atoms with Crippen molar-refractivity contribution in [3.05, 3.63) is 132 Å². The number of anilines is 1. The fourth-order valence-electron chi connectivity index (χ4n) is 4.57. The first-order chi connectivity index (χ1) is 22.3. The van der Waals surface area contributed by atoms with Crippen LogP contribution in [0.2, 0.25) is 0 Å². The Morgan fingerprint density at radius 3 is 2.17 bits per heavy atom. The van der Waals surface area contributed by atoms with Crippen LogP contribution in [0.1, 0.15) is 27.3 Å². The van der Waals surface area contributed by atoms with Gasteiger partial charge in [0.2, 0.25) is 0 Å². The van der Waals surface area contributed by atoms with E-state index in [9.17, 15) is 24.3 Å². The molecule has 1 unspecified atom stereocenters. The average molecular weight is 621 g/mol. The number of alkyl carbamates (subject to hydrolysis) is 1. The van der Waals surface area contributed by atoms with Crippen LogP contribution in [0.5, 0.6) is 0 Å². The number of para-hydroxylation sites is 3. The monoisotopic (exact) mass is 620 g/mol. The van der Waals surface area contributed by atoms with Gasteiger partial charge in [0.1, 0.15) is 18.5 Å². The van der Waals surface area contributed by atoms with Gasteiger partial charge in [0, 0.05) is 24.3 Å². The van der Waals surface area contributed by atoms with Crippen molar-refractivity contribution in [2.45, 2.75) is 25.7 Å². The maximum Gasteiger partial charge on any atom is 0.408 e. The van der Waals surface area contributed by atoms with Crippen molar-refractivity contribution in [2.24, 2.45) is 0 Å². The van der Waals surface area contributed by atoms with Crippen LogP contribution in [-0.2, 0) is 29.2 Å². The van der Waals surface area contributed by atoms with Gasteiger partial charge in [-0.2, -0.15) is 0 Å². The molecular formula is C34H32N6O6. The number of aromatic nitrogens is 2. The quantitative estimate of drug-likeness (QED) is 0.132. The van der Waals surface area contributed by atoms with E-state index in [4.69, 9.17) is 4.74 Å². The minimum absolute atomic E-state index is 0.0264. The van der Waals surface area contributed by atoms with Gasteiger partial charge in [-0.3, -0.25) is 4.79 Å². The third-order valence-corrected chi connectivity index (χ3v) is 6.95. The van der Waals surface area contributed by atoms with Gasteiger partial charge in [0.25, 0.3) is 5.91 Å². The van der Waals surface area contributed by atoms with Crippen molar-refractivity contribution in [1.29, 1.82) is 0 Å². The van der Waals surface area contributed by atoms with Crippen LogP contribution in [0.3, 0.4) is 0 Å². The van der Waals surface area contributed by atoms with Gasteiger partial charge in [-0.1, -0.05) is 72.8 Å². The summed E-state index contributed by atoms with van der Waals surface area (Å²) < 4.78 is 5.08. The van der Waals surface area contributed by atoms with Crippen molar-refractivity contribution in [3.63, 3.8) is 0 Å². The smallest absolute Gasteiger partial charge is 0.408 e. The second-order valence-electron chi connectivity index (χ2n) is 10.4. The molecule has 1 atom stereocenters. The van der Waals surface area contributed by atoms with Crippen LogP contribution in [0.15, 0.2) is 109 Å². The van der Waals surface area contributed by atoms with Gasteiger partial charge in [-0.05, 0) is 47.5 Å². The van der Waals surface area contributed by atoms with Gasteiger partial charge in [0.15, 0.2) is 0 Å². The lowest BCUT2D eigenvalue weighted by Crippen LogP contribution is -2.48. The number of nitrogens with one attached hydrogen (secondary N) is 4. The third kappa shape index (κ3) is 8.69. The SMILES string of the molecule is O=C(NC(CNC(=O)c1ccc(CN(Cc2nc3ccccc3[nH]2)C(=O)Nc2ccccc2)cc1)C(=O)O)OCc1ccccc1. The van der Waals surface area contributed by atoms with E-state index in [1.807, 2.05) is 48.5 Å². The summed E-state index contributed by atoms with van der Waals surface area (Å²) in [5, 5.41) is 17.2. The van der Waals surface area contributed by atoms with Crippen molar-refractivity contribution in [2.75, 3.05) is 11.9 Å². The number of imidazole rings is 1. The van der Waals surface area contributed by atoms with E-state index in [2.05, 4.69) is 25.9 Å². The number of benzene rings is 4. The van der Waals surface area contributed by atoms with Crippen molar-refractivity contribution >= 4 is 40.7 Å². The summed E-state index contributed by atoms with van der Waals surface area (Å²) in [7, 11) is 0. The van der Waals surface area contributed by atoms with Gasteiger partial charge >= 0.3 is 18.1 Å². The molecule has 234 valence electrons. The molecule has 5 aromatic rings. The zero-order valence-corrected chi connectivity index (χ0v) is 24.7. The van der Waals surface area contributed by atoms with Crippen LogP contribution >= 0.6 is 0 Å². The maximum atomic E-state index is 13.3. The molecule has 1 aromatic heterocycles. The lowest BCUT2D eigenvalue weighted by Gasteiger charge is -2.22. The number of urea groups is 1. The summed E-state index contributed by atoms with van der Waals surface area (Å²) in [6.07, 6.45) is -0.918. The van der Waals surface area contributed by atoms with Crippen LogP contribution in [0, 0.1) is 0 Å². The van der Waals surface area contributed by atoms with Gasteiger partial charge in [0.05, 0.1) is 17.6 Å². The number of carboxylic acid groups (broad SMARTS) is 1. The molecule has 4 aromatic carbocycles. The number of carboxylic acids is 1. The predicted octanol–water partition coefficient (Wildman–Crippen LogP) is 4.91. The first kappa shape index (κ1) is 31.3. The Morgan fingerprint density at radius 2 is 1.48 bits per heavy atom. The first-order valence-corrected chi connectivity index (χ1v) is 14.5. The van der Waals surface area contributed by atoms with Crippen LogP contribution in [0.4, 0.5) is 15.3 Å². The van der Waals surface area contributed by atoms with Gasteiger partial charge < -0.3 is 35.7 Å². The molecule has 12 heteroatoms. The van der Waals surface area contributed by atoms with E-state index in [0.29, 0.717) is 11.5 Å². The highest BCUT2D eigenvalue weighted by Crippen LogP contribution is 2.16. The maximum absolute atomic E-state index is 13.3. The fraction of sp³-hybridized carbons (Fsp3) is 0.147. The Morgan fingerprint density at radius 1 is 0.804 bits per heavy atom. The van der Waals surface area contributed by atoms with E-state index in [0.717, 1.165) is 22.2 Å². The molecule has 0 aliphatic rings. The molecule has 0 spiro atoms. The van der Waals surface area contributed by atoms with Crippen LogP contribution < -0.4 is 16.0 Å². The highest BCUT2D eigenvalue weighted by Gasteiger charge is 2.22. The molecule has 0 saturated carbocycles. The Bertz CT molecular complexity index is 1760. The molecular weight excluding hydrogens is 588 g/mol. The Kier molecular flexibility index (Phi) is 10.2. The second-order valence-corrected chi connectivity index (χ2v) is 10.4. The first-order valence-electron chi connectivity index (χ1n) is 14.5. The Labute approximate surface area is 264 Å². The molecule has 0 aliphatic carbocycles. The molecule has 4 amide bonds. The third-order valence-electron chi connectivity index (χ3n) is 6.95. The number of fused-ring (bicyclic) bond motifs is 1. The van der Waals surface area contributed by atoms with E-state index in [1.54, 1.807) is 65.6 Å². The van der Waals surface area contributed by atoms with E-state index in [-0.39, 0.29) is 37.8 Å². The van der Waals surface area contributed by atoms with Crippen molar-refractivity contribution < 1.29 is 29.0 Å². The lowest BCUT2D eigenvalue weighted by molar-refractivity contribution is -0.139. The minimum Gasteiger partial charge on any atom is -0.480 e. The number of rotatable bonds is 12. The summed E-state index contributed by atoms with van der Waals surface area (Å²) in [6.45, 7) is 0.0310. The van der Waals surface area contributed by atoms with Crippen LogP contribution in [0.25, 0.3) is 11.0 Å². The zero-order chi connectivity index (χ0) is 32.3. The molecule has 12 nitrogen and oxygen atoms in total. The molecule has 0 saturated heterocycles. The van der Waals surface area contributed by atoms with E-state index < -0.39 is 24.0 Å². The summed E-state index contributed by atoms with van der Waals surface area (Å²) in [4.78, 5) is 59.4. The molecule has 5 rings (SSSR count). The van der Waals surface area contributed by atoms with Crippen molar-refractivity contribution in [1.82, 2.24) is 25.5 Å². The number of amides is 4. The predicted molar refractivity (Wildman–Crippen MR) is 171 cm³/mol. The van der Waals surface area contributed by atoms with Gasteiger partial charge in [-0.15, -0.1) is 0 Å². The Balaban J connectivity index is 1.19. The summed E-state index contributed by atoms with van der Waals surface area (Å²) in [6, 6.07) is 30.5. The minimum atomic E-state index is -1.40. The topological polar surface area (TPSA) is 166 Å². The standard InChI is InChI=1S/C34H32N6O6/c41-31(35-19-29(32(42)43)39-34(45)46-22-24-9-3-1-4-10-24)25-17-15-23(16-18-25)20-40(33(44)36-26-11-5-2-6-12-26)21-30-37-27-13-7-8-14-28(27)38-30/h1-18,29H,19-22H2,(H,35,41)(H,36,44)(H,37,38)(H,39,45)(H,42,43). The normalized spacial score (nSPS) is 11.3. The molecule has 0 fully saturated rings. The summed E-state index contributed by atoms with van der Waals surface area (Å²) in [5.74, 6) is -1.24. The number of hydrogen-bond acceptors (Lipinski definition) is 6. The number of carbonyl (C=O) groups excluding carboxylic acids is 3. The number of aromatic amines is 1. The second kappa shape index (κ2) is 15.0. The zero-order valence-electron chi connectivity index (χ0n) is 24.7. The molecule has 1 heterocycles. The summed E-state index contributed by atoms with van der Waals surface area (Å²) in [5.41, 5.74) is 4.07. The van der Waals surface area contributed by atoms with Crippen LogP contribution in [-0.4, -0.2) is 56.6 Å². The number of nitrogens with zero attached hydrogens (tertiary/aromatic N) is 2. The largest absolute Gasteiger partial charge is 0.480 e. The highest BCUT2D eigenvalue weighted by molar-refractivity contribution is 5.94. The van der Waals surface area contributed by atoms with E-state index in [1.165, 1.54) is 0 Å². The highest BCUT2D eigenvalue weighted by atomic mass is 16.5. The Hall–Kier alpha value is -6.17. The summed E-state index contributed by atoms with van der Waals surface area (Å²) >= 11 is 0. The molecule has 46 heavy (non-hydrogen) atoms. The number of hydrogen-bond donors (Lipinski definition) is 5. The number of ether oxygens (including phenoxy) is 1. The average Bonchev–Trinajstić information content (AvgIpc) is 3.49. The van der Waals surface area contributed by atoms with Crippen molar-refractivity contribution in [3.8, 4) is 0 Å². The lowest BCUT2D eigenvalue weighted by atomic mass is 10.1. The molecule has 0 aliphatic heterocycles. The number of H-pyrrole nitrogens is 1. The molecule has 5 N–H and O–H groups in total. The molecule has 0 radical (unpaired) electrons.